The topological polar surface area (TPSA) is 55.5 Å². The van der Waals surface area contributed by atoms with Crippen molar-refractivity contribution < 1.29 is 9.84 Å². The van der Waals surface area contributed by atoms with Gasteiger partial charge in [0.2, 0.25) is 0 Å². The summed E-state index contributed by atoms with van der Waals surface area (Å²) in [7, 11) is 0. The van der Waals surface area contributed by atoms with Gasteiger partial charge in [0, 0.05) is 17.7 Å². The summed E-state index contributed by atoms with van der Waals surface area (Å²) in [5, 5.41) is 9.26. The van der Waals surface area contributed by atoms with E-state index in [1.54, 1.807) is 0 Å². The van der Waals surface area contributed by atoms with Gasteiger partial charge in [0.15, 0.2) is 0 Å². The molecule has 2 aromatic rings. The molecule has 0 unspecified atom stereocenters. The Balaban J connectivity index is 2.33. The minimum atomic E-state index is -0.0417. The standard InChI is InChI=1S/C15H17NO2/c1-11-6-7-15(13(8-11)9-16)18-14-5-3-2-4-12(14)10-17/h2-8,17H,9-10,16H2,1H3. The second-order valence-corrected chi connectivity index (χ2v) is 4.18. The molecule has 3 heteroatoms. The maximum Gasteiger partial charge on any atom is 0.132 e. The number of ether oxygens (including phenoxy) is 1. The fraction of sp³-hybridized carbons (Fsp3) is 0.200. The summed E-state index contributed by atoms with van der Waals surface area (Å²) < 4.78 is 5.84. The minimum Gasteiger partial charge on any atom is -0.457 e. The SMILES string of the molecule is Cc1ccc(Oc2ccccc2CO)c(CN)c1. The Kier molecular flexibility index (Phi) is 3.97. The van der Waals surface area contributed by atoms with Crippen LogP contribution in [0.2, 0.25) is 0 Å². The zero-order valence-corrected chi connectivity index (χ0v) is 10.4. The molecule has 0 spiro atoms. The monoisotopic (exact) mass is 243 g/mol. The van der Waals surface area contributed by atoms with Crippen LogP contribution in [0.5, 0.6) is 11.5 Å². The molecule has 2 aromatic carbocycles. The van der Waals surface area contributed by atoms with Crippen LogP contribution >= 0.6 is 0 Å². The molecule has 0 aliphatic rings. The number of nitrogens with two attached hydrogens (primary N) is 1. The highest BCUT2D eigenvalue weighted by Crippen LogP contribution is 2.28. The second-order valence-electron chi connectivity index (χ2n) is 4.18. The Morgan fingerprint density at radius 1 is 1.06 bits per heavy atom. The van der Waals surface area contributed by atoms with Crippen molar-refractivity contribution >= 4 is 0 Å². The first-order chi connectivity index (χ1) is 8.74. The van der Waals surface area contributed by atoms with E-state index in [1.807, 2.05) is 49.4 Å². The molecule has 0 saturated heterocycles. The van der Waals surface area contributed by atoms with E-state index in [-0.39, 0.29) is 6.61 Å². The molecule has 0 bridgehead atoms. The van der Waals surface area contributed by atoms with Crippen molar-refractivity contribution in [3.63, 3.8) is 0 Å². The molecule has 18 heavy (non-hydrogen) atoms. The Bertz CT molecular complexity index is 538. The largest absolute Gasteiger partial charge is 0.457 e. The van der Waals surface area contributed by atoms with Crippen molar-refractivity contribution in [3.8, 4) is 11.5 Å². The summed E-state index contributed by atoms with van der Waals surface area (Å²) in [5.74, 6) is 1.41. The number of benzene rings is 2. The predicted molar refractivity (Wildman–Crippen MR) is 71.5 cm³/mol. The van der Waals surface area contributed by atoms with Gasteiger partial charge in [-0.1, -0.05) is 35.9 Å². The summed E-state index contributed by atoms with van der Waals surface area (Å²) >= 11 is 0. The summed E-state index contributed by atoms with van der Waals surface area (Å²) in [6, 6.07) is 13.3. The van der Waals surface area contributed by atoms with Crippen molar-refractivity contribution in [3.05, 3.63) is 59.2 Å². The van der Waals surface area contributed by atoms with Crippen LogP contribution in [0.3, 0.4) is 0 Å². The lowest BCUT2D eigenvalue weighted by Crippen LogP contribution is -2.01. The lowest BCUT2D eigenvalue weighted by molar-refractivity contribution is 0.276. The Hall–Kier alpha value is -1.84. The first kappa shape index (κ1) is 12.6. The number of aliphatic hydroxyl groups excluding tert-OH is 1. The van der Waals surface area contributed by atoms with Gasteiger partial charge in [0.25, 0.3) is 0 Å². The summed E-state index contributed by atoms with van der Waals surface area (Å²) in [4.78, 5) is 0. The number of aliphatic hydroxyl groups is 1. The van der Waals surface area contributed by atoms with Gasteiger partial charge in [-0.2, -0.15) is 0 Å². The van der Waals surface area contributed by atoms with E-state index < -0.39 is 0 Å². The highest BCUT2D eigenvalue weighted by Gasteiger charge is 2.07. The van der Waals surface area contributed by atoms with Crippen LogP contribution < -0.4 is 10.5 Å². The lowest BCUT2D eigenvalue weighted by Gasteiger charge is -2.13. The Morgan fingerprint density at radius 3 is 2.50 bits per heavy atom. The molecular weight excluding hydrogens is 226 g/mol. The average molecular weight is 243 g/mol. The van der Waals surface area contributed by atoms with Gasteiger partial charge < -0.3 is 15.6 Å². The van der Waals surface area contributed by atoms with Gasteiger partial charge in [-0.15, -0.1) is 0 Å². The quantitative estimate of drug-likeness (QED) is 0.868. The second kappa shape index (κ2) is 5.67. The third-order valence-electron chi connectivity index (χ3n) is 2.80. The van der Waals surface area contributed by atoms with Crippen molar-refractivity contribution in [2.75, 3.05) is 0 Å². The molecular formula is C15H17NO2. The molecule has 0 amide bonds. The lowest BCUT2D eigenvalue weighted by atomic mass is 10.1. The smallest absolute Gasteiger partial charge is 0.132 e. The molecule has 3 N–H and O–H groups in total. The number of aryl methyl sites for hydroxylation is 1. The third-order valence-corrected chi connectivity index (χ3v) is 2.80. The highest BCUT2D eigenvalue weighted by molar-refractivity contribution is 5.42. The van der Waals surface area contributed by atoms with E-state index in [0.717, 1.165) is 22.4 Å². The van der Waals surface area contributed by atoms with E-state index in [9.17, 15) is 5.11 Å². The van der Waals surface area contributed by atoms with E-state index in [4.69, 9.17) is 10.5 Å². The van der Waals surface area contributed by atoms with Gasteiger partial charge in [0.1, 0.15) is 11.5 Å². The Morgan fingerprint density at radius 2 is 1.78 bits per heavy atom. The molecule has 0 aromatic heterocycles. The van der Waals surface area contributed by atoms with Crippen molar-refractivity contribution in [2.24, 2.45) is 5.73 Å². The molecule has 0 radical (unpaired) electrons. The first-order valence-corrected chi connectivity index (χ1v) is 5.91. The molecule has 0 atom stereocenters. The molecule has 0 aliphatic heterocycles. The van der Waals surface area contributed by atoms with Gasteiger partial charge in [-0.25, -0.2) is 0 Å². The predicted octanol–water partition coefficient (Wildman–Crippen LogP) is 2.74. The van der Waals surface area contributed by atoms with E-state index in [1.165, 1.54) is 0 Å². The van der Waals surface area contributed by atoms with Crippen molar-refractivity contribution in [1.29, 1.82) is 0 Å². The van der Waals surface area contributed by atoms with Crippen LogP contribution in [0.25, 0.3) is 0 Å². The molecule has 0 saturated carbocycles. The minimum absolute atomic E-state index is 0.0417. The van der Waals surface area contributed by atoms with Gasteiger partial charge in [-0.3, -0.25) is 0 Å². The van der Waals surface area contributed by atoms with E-state index >= 15 is 0 Å². The fourth-order valence-corrected chi connectivity index (χ4v) is 1.82. The summed E-state index contributed by atoms with van der Waals surface area (Å²) in [6.45, 7) is 2.41. The number of hydrogen-bond donors (Lipinski definition) is 2. The number of hydrogen-bond acceptors (Lipinski definition) is 3. The summed E-state index contributed by atoms with van der Waals surface area (Å²) in [5.41, 5.74) is 8.59. The molecule has 2 rings (SSSR count). The van der Waals surface area contributed by atoms with Crippen LogP contribution in [0.4, 0.5) is 0 Å². The Labute approximate surface area is 107 Å². The molecule has 0 aliphatic carbocycles. The van der Waals surface area contributed by atoms with Gasteiger partial charge >= 0.3 is 0 Å². The first-order valence-electron chi connectivity index (χ1n) is 5.91. The van der Waals surface area contributed by atoms with Gasteiger partial charge in [-0.05, 0) is 19.1 Å². The molecule has 94 valence electrons. The zero-order valence-electron chi connectivity index (χ0n) is 10.4. The average Bonchev–Trinajstić information content (AvgIpc) is 2.41. The van der Waals surface area contributed by atoms with Crippen LogP contribution in [0.15, 0.2) is 42.5 Å². The van der Waals surface area contributed by atoms with Crippen LogP contribution in [-0.2, 0) is 13.2 Å². The fourth-order valence-electron chi connectivity index (χ4n) is 1.82. The highest BCUT2D eigenvalue weighted by atomic mass is 16.5. The van der Waals surface area contributed by atoms with Gasteiger partial charge in [0.05, 0.1) is 6.61 Å². The maximum absolute atomic E-state index is 9.26. The number of para-hydroxylation sites is 1. The van der Waals surface area contributed by atoms with Crippen LogP contribution in [-0.4, -0.2) is 5.11 Å². The normalized spacial score (nSPS) is 10.4. The van der Waals surface area contributed by atoms with E-state index in [0.29, 0.717) is 12.3 Å². The summed E-state index contributed by atoms with van der Waals surface area (Å²) in [6.07, 6.45) is 0. The zero-order chi connectivity index (χ0) is 13.0. The van der Waals surface area contributed by atoms with Crippen LogP contribution in [0.1, 0.15) is 16.7 Å². The van der Waals surface area contributed by atoms with Crippen molar-refractivity contribution in [1.82, 2.24) is 0 Å². The third kappa shape index (κ3) is 2.70. The maximum atomic E-state index is 9.26. The van der Waals surface area contributed by atoms with E-state index in [2.05, 4.69) is 0 Å². The number of rotatable bonds is 4. The van der Waals surface area contributed by atoms with Crippen molar-refractivity contribution in [2.45, 2.75) is 20.1 Å². The van der Waals surface area contributed by atoms with Crippen LogP contribution in [0, 0.1) is 6.92 Å². The molecule has 0 heterocycles. The molecule has 0 fully saturated rings. The molecule has 3 nitrogen and oxygen atoms in total.